The maximum absolute atomic E-state index is 13.3. The Morgan fingerprint density at radius 2 is 1.66 bits per heavy atom. The second kappa shape index (κ2) is 8.18. The number of thiazole rings is 1. The van der Waals surface area contributed by atoms with E-state index in [1.165, 1.54) is 53.9 Å². The van der Waals surface area contributed by atoms with E-state index in [-0.39, 0.29) is 11.4 Å². The standard InChI is InChI=1S/C21H12BrF2N3OS/c22-15-5-10-18-19(11-15)29-21(26-18)27(20(28)14-3-8-17(24)9-4-14)25-12-13-1-6-16(23)7-2-13/h1-12H/b25-12+. The predicted octanol–water partition coefficient (Wildman–Crippen LogP) is 6.02. The Kier molecular flexibility index (Phi) is 5.46. The Morgan fingerprint density at radius 3 is 2.34 bits per heavy atom. The van der Waals surface area contributed by atoms with Crippen LogP contribution < -0.4 is 5.01 Å². The molecule has 0 saturated carbocycles. The van der Waals surface area contributed by atoms with E-state index in [2.05, 4.69) is 26.0 Å². The average Bonchev–Trinajstić information content (AvgIpc) is 3.12. The number of rotatable bonds is 4. The van der Waals surface area contributed by atoms with Crippen molar-refractivity contribution in [3.63, 3.8) is 0 Å². The maximum atomic E-state index is 13.3. The Hall–Kier alpha value is -2.97. The van der Waals surface area contributed by atoms with Crippen LogP contribution in [0.2, 0.25) is 0 Å². The summed E-state index contributed by atoms with van der Waals surface area (Å²) in [5, 5.41) is 5.82. The topological polar surface area (TPSA) is 45.6 Å². The van der Waals surface area contributed by atoms with Crippen LogP contribution in [0.25, 0.3) is 10.2 Å². The molecule has 0 N–H and O–H groups in total. The molecular formula is C21H12BrF2N3OS. The Morgan fingerprint density at radius 1 is 1.00 bits per heavy atom. The molecule has 0 unspecified atom stereocenters. The zero-order chi connectivity index (χ0) is 20.4. The fourth-order valence-electron chi connectivity index (χ4n) is 2.55. The minimum absolute atomic E-state index is 0.267. The lowest BCUT2D eigenvalue weighted by molar-refractivity contribution is 0.0988. The summed E-state index contributed by atoms with van der Waals surface area (Å²) in [6.45, 7) is 0. The van der Waals surface area contributed by atoms with Crippen LogP contribution in [0.1, 0.15) is 15.9 Å². The molecule has 4 rings (SSSR count). The van der Waals surface area contributed by atoms with Crippen molar-refractivity contribution in [2.45, 2.75) is 0 Å². The Labute approximate surface area is 177 Å². The number of aromatic nitrogens is 1. The second-order valence-electron chi connectivity index (χ2n) is 6.03. The highest BCUT2D eigenvalue weighted by Gasteiger charge is 2.21. The number of nitrogens with zero attached hydrogens (tertiary/aromatic N) is 3. The van der Waals surface area contributed by atoms with Gasteiger partial charge in [-0.15, -0.1) is 0 Å². The van der Waals surface area contributed by atoms with Gasteiger partial charge in [0.2, 0.25) is 5.13 Å². The summed E-state index contributed by atoms with van der Waals surface area (Å²) in [7, 11) is 0. The first-order valence-corrected chi connectivity index (χ1v) is 10.1. The van der Waals surface area contributed by atoms with Crippen LogP contribution in [-0.2, 0) is 0 Å². The van der Waals surface area contributed by atoms with Gasteiger partial charge in [-0.2, -0.15) is 10.1 Å². The molecule has 4 nitrogen and oxygen atoms in total. The first-order valence-electron chi connectivity index (χ1n) is 8.45. The lowest BCUT2D eigenvalue weighted by Crippen LogP contribution is -2.25. The van der Waals surface area contributed by atoms with Crippen LogP contribution in [-0.4, -0.2) is 17.1 Å². The molecule has 0 saturated heterocycles. The first-order chi connectivity index (χ1) is 14.0. The molecular weight excluding hydrogens is 460 g/mol. The molecule has 1 amide bonds. The van der Waals surface area contributed by atoms with Gasteiger partial charge >= 0.3 is 0 Å². The quantitative estimate of drug-likeness (QED) is 0.270. The van der Waals surface area contributed by atoms with Crippen LogP contribution in [0.15, 0.2) is 76.3 Å². The SMILES string of the molecule is O=C(c1ccc(F)cc1)N(/N=C/c1ccc(F)cc1)c1nc2ccc(Br)cc2s1. The van der Waals surface area contributed by atoms with Gasteiger partial charge in [0.1, 0.15) is 11.6 Å². The molecule has 1 aromatic heterocycles. The van der Waals surface area contributed by atoms with E-state index in [1.807, 2.05) is 18.2 Å². The molecule has 144 valence electrons. The van der Waals surface area contributed by atoms with Crippen molar-refractivity contribution in [2.75, 3.05) is 5.01 Å². The number of halogens is 3. The van der Waals surface area contributed by atoms with Crippen LogP contribution in [0.3, 0.4) is 0 Å². The molecule has 0 aliphatic heterocycles. The molecule has 0 aliphatic rings. The van der Waals surface area contributed by atoms with Gasteiger partial charge in [0.25, 0.3) is 5.91 Å². The highest BCUT2D eigenvalue weighted by Crippen LogP contribution is 2.32. The van der Waals surface area contributed by atoms with Gasteiger partial charge in [-0.25, -0.2) is 13.8 Å². The van der Waals surface area contributed by atoms with Crippen LogP contribution >= 0.6 is 27.3 Å². The summed E-state index contributed by atoms with van der Waals surface area (Å²) < 4.78 is 28.2. The average molecular weight is 472 g/mol. The molecule has 3 aromatic carbocycles. The van der Waals surface area contributed by atoms with Gasteiger partial charge in [-0.3, -0.25) is 4.79 Å². The van der Waals surface area contributed by atoms with E-state index in [1.54, 1.807) is 12.1 Å². The lowest BCUT2D eigenvalue weighted by atomic mass is 10.2. The summed E-state index contributed by atoms with van der Waals surface area (Å²) in [5.74, 6) is -1.26. The molecule has 8 heteroatoms. The van der Waals surface area contributed by atoms with Crippen LogP contribution in [0.4, 0.5) is 13.9 Å². The van der Waals surface area contributed by atoms with Crippen molar-refractivity contribution in [3.05, 3.63) is 94.0 Å². The van der Waals surface area contributed by atoms with Gasteiger partial charge in [0, 0.05) is 10.0 Å². The van der Waals surface area contributed by atoms with Crippen molar-refractivity contribution in [1.29, 1.82) is 0 Å². The molecule has 0 spiro atoms. The summed E-state index contributed by atoms with van der Waals surface area (Å²) in [6, 6.07) is 16.5. The van der Waals surface area contributed by atoms with Crippen molar-refractivity contribution in [3.8, 4) is 0 Å². The predicted molar refractivity (Wildman–Crippen MR) is 115 cm³/mol. The molecule has 4 aromatic rings. The smallest absolute Gasteiger partial charge is 0.267 e. The molecule has 0 fully saturated rings. The third kappa shape index (κ3) is 4.38. The monoisotopic (exact) mass is 471 g/mol. The van der Waals surface area contributed by atoms with Gasteiger partial charge in [0.05, 0.1) is 16.4 Å². The van der Waals surface area contributed by atoms with Crippen molar-refractivity contribution >= 4 is 54.7 Å². The number of hydrogen-bond donors (Lipinski definition) is 0. The van der Waals surface area contributed by atoms with Gasteiger partial charge < -0.3 is 0 Å². The van der Waals surface area contributed by atoms with Crippen molar-refractivity contribution in [2.24, 2.45) is 5.10 Å². The zero-order valence-corrected chi connectivity index (χ0v) is 17.1. The van der Waals surface area contributed by atoms with E-state index in [4.69, 9.17) is 0 Å². The largest absolute Gasteiger partial charge is 0.280 e. The highest BCUT2D eigenvalue weighted by molar-refractivity contribution is 9.10. The minimum atomic E-state index is -0.457. The number of benzene rings is 3. The number of fused-ring (bicyclic) bond motifs is 1. The van der Waals surface area contributed by atoms with E-state index in [9.17, 15) is 13.6 Å². The number of anilines is 1. The third-order valence-electron chi connectivity index (χ3n) is 4.00. The third-order valence-corrected chi connectivity index (χ3v) is 5.48. The molecule has 0 atom stereocenters. The fraction of sp³-hybridized carbons (Fsp3) is 0. The molecule has 0 bridgehead atoms. The lowest BCUT2D eigenvalue weighted by Gasteiger charge is -2.13. The van der Waals surface area contributed by atoms with Crippen LogP contribution in [0.5, 0.6) is 0 Å². The number of carbonyl (C=O) groups is 1. The van der Waals surface area contributed by atoms with Crippen molar-refractivity contribution < 1.29 is 13.6 Å². The second-order valence-corrected chi connectivity index (χ2v) is 7.95. The summed E-state index contributed by atoms with van der Waals surface area (Å²) in [6.07, 6.45) is 1.45. The van der Waals surface area contributed by atoms with E-state index >= 15 is 0 Å². The summed E-state index contributed by atoms with van der Waals surface area (Å²) in [5.41, 5.74) is 1.61. The molecule has 29 heavy (non-hydrogen) atoms. The fourth-order valence-corrected chi connectivity index (χ4v) is 4.03. The van der Waals surface area contributed by atoms with E-state index in [0.717, 1.165) is 19.7 Å². The summed E-state index contributed by atoms with van der Waals surface area (Å²) >= 11 is 4.72. The first kappa shape index (κ1) is 19.4. The molecule has 1 heterocycles. The number of carbonyl (C=O) groups excluding carboxylic acids is 1. The normalized spacial score (nSPS) is 11.3. The highest BCUT2D eigenvalue weighted by atomic mass is 79.9. The minimum Gasteiger partial charge on any atom is -0.267 e. The number of hydrazone groups is 1. The molecule has 0 radical (unpaired) electrons. The molecule has 0 aliphatic carbocycles. The number of amides is 1. The van der Waals surface area contributed by atoms with Gasteiger partial charge in [-0.1, -0.05) is 39.4 Å². The van der Waals surface area contributed by atoms with E-state index in [0.29, 0.717) is 10.7 Å². The Balaban J connectivity index is 1.75. The summed E-state index contributed by atoms with van der Waals surface area (Å²) in [4.78, 5) is 17.6. The van der Waals surface area contributed by atoms with E-state index < -0.39 is 11.7 Å². The van der Waals surface area contributed by atoms with Gasteiger partial charge in [-0.05, 0) is 60.2 Å². The van der Waals surface area contributed by atoms with Gasteiger partial charge in [0.15, 0.2) is 0 Å². The maximum Gasteiger partial charge on any atom is 0.280 e. The zero-order valence-electron chi connectivity index (χ0n) is 14.7. The van der Waals surface area contributed by atoms with Crippen LogP contribution in [0, 0.1) is 11.6 Å². The van der Waals surface area contributed by atoms with Crippen molar-refractivity contribution in [1.82, 2.24) is 4.98 Å². The number of hydrogen-bond acceptors (Lipinski definition) is 4. The Bertz CT molecular complexity index is 1210.